The van der Waals surface area contributed by atoms with Crippen LogP contribution in [-0.2, 0) is 11.4 Å². The number of halogens is 1. The van der Waals surface area contributed by atoms with Crippen LogP contribution in [0, 0.1) is 5.82 Å². The summed E-state index contributed by atoms with van der Waals surface area (Å²) in [6.45, 7) is 5.63. The van der Waals surface area contributed by atoms with E-state index < -0.39 is 11.4 Å². The highest BCUT2D eigenvalue weighted by Gasteiger charge is 2.25. The maximum Gasteiger partial charge on any atom is 0.144 e. The Morgan fingerprint density at radius 1 is 1.33 bits per heavy atom. The van der Waals surface area contributed by atoms with Gasteiger partial charge in [-0.05, 0) is 50.4 Å². The molecule has 1 unspecified atom stereocenters. The number of fused-ring (bicyclic) bond motifs is 1. The first-order valence-corrected chi connectivity index (χ1v) is 7.44. The first-order chi connectivity index (χ1) is 8.36. The molecule has 18 heavy (non-hydrogen) atoms. The summed E-state index contributed by atoms with van der Waals surface area (Å²) < 4.78 is 29.5. The van der Waals surface area contributed by atoms with E-state index in [2.05, 4.69) is 4.40 Å². The summed E-state index contributed by atoms with van der Waals surface area (Å²) in [5.74, 6) is -0.248. The first-order valence-electron chi connectivity index (χ1n) is 5.51. The Balaban J connectivity index is 2.25. The van der Waals surface area contributed by atoms with E-state index in [-0.39, 0.29) is 10.6 Å². The molecule has 2 rings (SSSR count). The SMILES string of the molecule is CC(C)(C)[S+]([O-])/N=C/c1cc2cc(F)ccc2s1. The lowest BCUT2D eigenvalue weighted by molar-refractivity contribution is 0.562. The maximum atomic E-state index is 13.0. The van der Waals surface area contributed by atoms with Crippen molar-refractivity contribution in [3.63, 3.8) is 0 Å². The molecule has 0 amide bonds. The van der Waals surface area contributed by atoms with E-state index in [0.29, 0.717) is 0 Å². The second kappa shape index (κ2) is 4.99. The Morgan fingerprint density at radius 3 is 2.72 bits per heavy atom. The molecule has 0 aliphatic carbocycles. The summed E-state index contributed by atoms with van der Waals surface area (Å²) in [6, 6.07) is 6.52. The summed E-state index contributed by atoms with van der Waals surface area (Å²) in [7, 11) is 0. The zero-order valence-corrected chi connectivity index (χ0v) is 12.1. The first kappa shape index (κ1) is 13.5. The van der Waals surface area contributed by atoms with Gasteiger partial charge in [0.25, 0.3) is 0 Å². The smallest absolute Gasteiger partial charge is 0.144 e. The van der Waals surface area contributed by atoms with Crippen molar-refractivity contribution < 1.29 is 8.94 Å². The van der Waals surface area contributed by atoms with Crippen LogP contribution in [0.5, 0.6) is 0 Å². The highest BCUT2D eigenvalue weighted by atomic mass is 32.2. The molecule has 0 N–H and O–H groups in total. The topological polar surface area (TPSA) is 35.4 Å². The molecule has 0 radical (unpaired) electrons. The molecule has 2 aromatic rings. The average Bonchev–Trinajstić information content (AvgIpc) is 2.66. The van der Waals surface area contributed by atoms with Crippen molar-refractivity contribution in [1.82, 2.24) is 0 Å². The predicted molar refractivity (Wildman–Crippen MR) is 77.3 cm³/mol. The van der Waals surface area contributed by atoms with Crippen molar-refractivity contribution in [2.75, 3.05) is 0 Å². The van der Waals surface area contributed by atoms with Crippen LogP contribution in [-0.4, -0.2) is 15.5 Å². The van der Waals surface area contributed by atoms with E-state index in [0.717, 1.165) is 15.0 Å². The normalized spacial score (nSPS) is 14.5. The molecule has 0 fully saturated rings. The number of rotatable bonds is 2. The summed E-state index contributed by atoms with van der Waals surface area (Å²) in [6.07, 6.45) is 1.60. The van der Waals surface area contributed by atoms with Gasteiger partial charge in [0.1, 0.15) is 21.9 Å². The average molecular weight is 283 g/mol. The molecule has 0 spiro atoms. The van der Waals surface area contributed by atoms with Gasteiger partial charge < -0.3 is 4.55 Å². The third-order valence-electron chi connectivity index (χ3n) is 2.30. The molecule has 1 aromatic heterocycles. The van der Waals surface area contributed by atoms with Crippen molar-refractivity contribution >= 4 is 39.0 Å². The zero-order chi connectivity index (χ0) is 13.3. The number of hydrogen-bond donors (Lipinski definition) is 0. The second-order valence-corrected chi connectivity index (χ2v) is 7.98. The summed E-state index contributed by atoms with van der Waals surface area (Å²) in [4.78, 5) is 0.883. The summed E-state index contributed by atoms with van der Waals surface area (Å²) >= 11 is 0.246. The van der Waals surface area contributed by atoms with E-state index in [1.807, 2.05) is 26.8 Å². The van der Waals surface area contributed by atoms with Gasteiger partial charge in [0.2, 0.25) is 0 Å². The van der Waals surface area contributed by atoms with Crippen LogP contribution in [0.3, 0.4) is 0 Å². The van der Waals surface area contributed by atoms with Gasteiger partial charge >= 0.3 is 0 Å². The number of hydrogen-bond acceptors (Lipinski definition) is 3. The highest BCUT2D eigenvalue weighted by molar-refractivity contribution is 7.91. The Hall–Kier alpha value is -0.910. The molecule has 0 aliphatic heterocycles. The van der Waals surface area contributed by atoms with Crippen LogP contribution in [0.1, 0.15) is 25.6 Å². The van der Waals surface area contributed by atoms with E-state index >= 15 is 0 Å². The third kappa shape index (κ3) is 3.10. The molecule has 0 saturated heterocycles. The van der Waals surface area contributed by atoms with Gasteiger partial charge in [0, 0.05) is 4.70 Å². The van der Waals surface area contributed by atoms with Gasteiger partial charge in [0.05, 0.1) is 11.1 Å². The van der Waals surface area contributed by atoms with Crippen LogP contribution in [0.15, 0.2) is 28.7 Å². The van der Waals surface area contributed by atoms with Crippen molar-refractivity contribution in [2.24, 2.45) is 4.40 Å². The standard InChI is InChI=1S/C13H14FNOS2/c1-13(2,3)18(16)15-8-11-7-9-6-10(14)4-5-12(9)17-11/h4-8H,1-3H3/b15-8+. The van der Waals surface area contributed by atoms with E-state index in [1.54, 1.807) is 12.3 Å². The lowest BCUT2D eigenvalue weighted by Gasteiger charge is -2.17. The van der Waals surface area contributed by atoms with Crippen LogP contribution in [0.4, 0.5) is 4.39 Å². The van der Waals surface area contributed by atoms with Crippen molar-refractivity contribution in [2.45, 2.75) is 25.5 Å². The molecule has 5 heteroatoms. The fourth-order valence-corrected chi connectivity index (χ4v) is 2.87. The molecular formula is C13H14FNOS2. The lowest BCUT2D eigenvalue weighted by Crippen LogP contribution is -2.25. The summed E-state index contributed by atoms with van der Waals surface area (Å²) in [5, 5.41) is 0.850. The molecule has 2 nitrogen and oxygen atoms in total. The van der Waals surface area contributed by atoms with E-state index in [1.165, 1.54) is 23.5 Å². The quantitative estimate of drug-likeness (QED) is 0.607. The maximum absolute atomic E-state index is 13.0. The monoisotopic (exact) mass is 283 g/mol. The number of benzene rings is 1. The van der Waals surface area contributed by atoms with Crippen LogP contribution in [0.25, 0.3) is 10.1 Å². The van der Waals surface area contributed by atoms with Gasteiger partial charge in [-0.15, -0.1) is 11.3 Å². The van der Waals surface area contributed by atoms with Crippen LogP contribution in [0.2, 0.25) is 0 Å². The minimum atomic E-state index is -1.26. The van der Waals surface area contributed by atoms with Crippen molar-refractivity contribution in [1.29, 1.82) is 0 Å². The van der Waals surface area contributed by atoms with Crippen LogP contribution < -0.4 is 0 Å². The summed E-state index contributed by atoms with van der Waals surface area (Å²) in [5.41, 5.74) is 0. The fraction of sp³-hybridized carbons (Fsp3) is 0.308. The molecule has 1 heterocycles. The van der Waals surface area contributed by atoms with Gasteiger partial charge in [-0.3, -0.25) is 0 Å². The Bertz CT molecular complexity index is 586. The van der Waals surface area contributed by atoms with Gasteiger partial charge in [-0.2, -0.15) is 0 Å². The minimum Gasteiger partial charge on any atom is -0.591 e. The number of thiophene rings is 1. The minimum absolute atomic E-state index is 0.248. The Morgan fingerprint density at radius 2 is 2.06 bits per heavy atom. The van der Waals surface area contributed by atoms with Crippen molar-refractivity contribution in [3.05, 3.63) is 35.0 Å². The van der Waals surface area contributed by atoms with Crippen molar-refractivity contribution in [3.8, 4) is 0 Å². The molecular weight excluding hydrogens is 269 g/mol. The molecule has 0 saturated carbocycles. The van der Waals surface area contributed by atoms with Gasteiger partial charge in [-0.25, -0.2) is 4.39 Å². The van der Waals surface area contributed by atoms with Gasteiger partial charge in [0.15, 0.2) is 0 Å². The Kier molecular flexibility index (Phi) is 3.75. The molecule has 96 valence electrons. The largest absolute Gasteiger partial charge is 0.591 e. The predicted octanol–water partition coefficient (Wildman–Crippen LogP) is 3.92. The van der Waals surface area contributed by atoms with E-state index in [9.17, 15) is 8.94 Å². The third-order valence-corrected chi connectivity index (χ3v) is 4.69. The molecule has 0 bridgehead atoms. The zero-order valence-electron chi connectivity index (χ0n) is 10.4. The second-order valence-electron chi connectivity index (χ2n) is 4.93. The van der Waals surface area contributed by atoms with Gasteiger partial charge in [-0.1, -0.05) is 4.40 Å². The molecule has 1 aromatic carbocycles. The van der Waals surface area contributed by atoms with Crippen LogP contribution >= 0.6 is 11.3 Å². The fourth-order valence-electron chi connectivity index (χ4n) is 1.36. The lowest BCUT2D eigenvalue weighted by atomic mass is 10.2. The number of nitrogens with zero attached hydrogens (tertiary/aromatic N) is 1. The molecule has 0 aliphatic rings. The molecule has 1 atom stereocenters. The van der Waals surface area contributed by atoms with E-state index in [4.69, 9.17) is 0 Å². The highest BCUT2D eigenvalue weighted by Crippen LogP contribution is 2.25. The Labute approximate surface area is 113 Å².